The van der Waals surface area contributed by atoms with Gasteiger partial charge in [0.2, 0.25) is 0 Å². The zero-order valence-electron chi connectivity index (χ0n) is 11.2. The highest BCUT2D eigenvalue weighted by Gasteiger charge is 2.04. The van der Waals surface area contributed by atoms with Crippen LogP contribution < -0.4 is 9.64 Å². The molecule has 1 rings (SSSR count). The second kappa shape index (κ2) is 5.90. The maximum absolute atomic E-state index is 5.84. The molecule has 0 aromatic heterocycles. The molecule has 1 N–H and O–H groups in total. The summed E-state index contributed by atoms with van der Waals surface area (Å²) in [4.78, 5) is 1.47. The summed E-state index contributed by atoms with van der Waals surface area (Å²) in [5.74, 6) is 1.05. The molecule has 2 nitrogen and oxygen atoms in total. The highest BCUT2D eigenvalue weighted by atomic mass is 16.5. The molecule has 2 heteroatoms. The summed E-state index contributed by atoms with van der Waals surface area (Å²) in [6.45, 7) is 8.35. The quantitative estimate of drug-likeness (QED) is 0.746. The van der Waals surface area contributed by atoms with E-state index in [2.05, 4.69) is 47.0 Å². The molecule has 1 aromatic carbocycles. The predicted octanol–water partition coefficient (Wildman–Crippen LogP) is 1.53. The highest BCUT2D eigenvalue weighted by molar-refractivity contribution is 5.41. The van der Waals surface area contributed by atoms with Gasteiger partial charge in [0.1, 0.15) is 5.75 Å². The molecule has 90 valence electrons. The van der Waals surface area contributed by atoms with Gasteiger partial charge in [0.05, 0.1) is 27.2 Å². The van der Waals surface area contributed by atoms with E-state index in [1.165, 1.54) is 21.6 Å². The van der Waals surface area contributed by atoms with Gasteiger partial charge < -0.3 is 9.64 Å². The van der Waals surface area contributed by atoms with Crippen LogP contribution >= 0.6 is 0 Å². The van der Waals surface area contributed by atoms with Crippen LogP contribution in [0.5, 0.6) is 5.75 Å². The van der Waals surface area contributed by atoms with Crippen LogP contribution in [0.2, 0.25) is 0 Å². The van der Waals surface area contributed by atoms with Crippen LogP contribution in [0.3, 0.4) is 0 Å². The second-order valence-corrected chi connectivity index (χ2v) is 4.86. The normalized spacial score (nSPS) is 10.9. The van der Waals surface area contributed by atoms with Gasteiger partial charge in [0.25, 0.3) is 0 Å². The fraction of sp³-hybridized carbons (Fsp3) is 0.571. The van der Waals surface area contributed by atoms with E-state index in [4.69, 9.17) is 4.74 Å². The number of rotatable bonds is 5. The van der Waals surface area contributed by atoms with Crippen molar-refractivity contribution >= 4 is 0 Å². The van der Waals surface area contributed by atoms with Gasteiger partial charge in [-0.15, -0.1) is 0 Å². The molecular formula is C14H24NO+. The van der Waals surface area contributed by atoms with Crippen molar-refractivity contribution in [3.63, 3.8) is 0 Å². The van der Waals surface area contributed by atoms with Crippen LogP contribution in [0, 0.1) is 20.8 Å². The highest BCUT2D eigenvalue weighted by Crippen LogP contribution is 2.23. The molecule has 0 radical (unpaired) electrons. The summed E-state index contributed by atoms with van der Waals surface area (Å²) in [5.41, 5.74) is 3.85. The fourth-order valence-electron chi connectivity index (χ4n) is 1.76. The van der Waals surface area contributed by atoms with Crippen LogP contribution in [0.4, 0.5) is 0 Å². The number of ether oxygens (including phenoxy) is 1. The third-order valence-corrected chi connectivity index (χ3v) is 2.84. The first kappa shape index (κ1) is 13.0. The van der Waals surface area contributed by atoms with Crippen LogP contribution in [0.25, 0.3) is 0 Å². The van der Waals surface area contributed by atoms with E-state index in [1.807, 2.05) is 0 Å². The van der Waals surface area contributed by atoms with Gasteiger partial charge in [-0.25, -0.2) is 0 Å². The standard InChI is InChI=1S/C14H23NO/c1-11-9-12(2)13(3)14(10-11)16-8-6-7-15(4)5/h9-10H,6-8H2,1-5H3/p+1. The van der Waals surface area contributed by atoms with E-state index < -0.39 is 0 Å². The first-order chi connectivity index (χ1) is 7.50. The largest absolute Gasteiger partial charge is 0.493 e. The van der Waals surface area contributed by atoms with Crippen molar-refractivity contribution in [2.75, 3.05) is 27.2 Å². The summed E-state index contributed by atoms with van der Waals surface area (Å²) in [7, 11) is 4.34. The first-order valence-electron chi connectivity index (χ1n) is 6.00. The van der Waals surface area contributed by atoms with Gasteiger partial charge in [-0.2, -0.15) is 0 Å². The molecular weight excluding hydrogens is 198 g/mol. The average molecular weight is 222 g/mol. The molecule has 0 spiro atoms. The minimum Gasteiger partial charge on any atom is -0.493 e. The Bertz CT molecular complexity index is 345. The monoisotopic (exact) mass is 222 g/mol. The first-order valence-corrected chi connectivity index (χ1v) is 6.00. The lowest BCUT2D eigenvalue weighted by Gasteiger charge is -2.13. The Morgan fingerprint density at radius 2 is 1.81 bits per heavy atom. The van der Waals surface area contributed by atoms with Crippen LogP contribution in [0.15, 0.2) is 12.1 Å². The van der Waals surface area contributed by atoms with Crippen LogP contribution in [-0.4, -0.2) is 27.2 Å². The van der Waals surface area contributed by atoms with E-state index in [-0.39, 0.29) is 0 Å². The summed E-state index contributed by atoms with van der Waals surface area (Å²) in [5, 5.41) is 0. The molecule has 0 atom stereocenters. The fourth-order valence-corrected chi connectivity index (χ4v) is 1.76. The van der Waals surface area contributed by atoms with Gasteiger partial charge in [-0.3, -0.25) is 0 Å². The molecule has 0 fully saturated rings. The summed E-state index contributed by atoms with van der Waals surface area (Å²) >= 11 is 0. The zero-order chi connectivity index (χ0) is 12.1. The van der Waals surface area contributed by atoms with Gasteiger partial charge in [0.15, 0.2) is 0 Å². The van der Waals surface area contributed by atoms with E-state index in [1.54, 1.807) is 0 Å². The van der Waals surface area contributed by atoms with E-state index >= 15 is 0 Å². The molecule has 0 bridgehead atoms. The predicted molar refractivity (Wildman–Crippen MR) is 68.4 cm³/mol. The smallest absolute Gasteiger partial charge is 0.122 e. The van der Waals surface area contributed by atoms with Crippen LogP contribution in [-0.2, 0) is 0 Å². The Morgan fingerprint density at radius 3 is 2.44 bits per heavy atom. The molecule has 0 aliphatic carbocycles. The van der Waals surface area contributed by atoms with E-state index in [0.29, 0.717) is 0 Å². The Hall–Kier alpha value is -1.02. The minimum absolute atomic E-state index is 0.814. The van der Waals surface area contributed by atoms with Crippen molar-refractivity contribution in [1.82, 2.24) is 0 Å². The molecule has 0 saturated carbocycles. The van der Waals surface area contributed by atoms with Crippen molar-refractivity contribution < 1.29 is 9.64 Å². The number of hydrogen-bond acceptors (Lipinski definition) is 1. The van der Waals surface area contributed by atoms with E-state index in [9.17, 15) is 0 Å². The van der Waals surface area contributed by atoms with Gasteiger partial charge in [0, 0.05) is 6.42 Å². The van der Waals surface area contributed by atoms with Crippen molar-refractivity contribution in [2.45, 2.75) is 27.2 Å². The van der Waals surface area contributed by atoms with Crippen molar-refractivity contribution in [1.29, 1.82) is 0 Å². The minimum atomic E-state index is 0.814. The lowest BCUT2D eigenvalue weighted by molar-refractivity contribution is -0.858. The van der Waals surface area contributed by atoms with E-state index in [0.717, 1.165) is 25.3 Å². The maximum atomic E-state index is 5.84. The molecule has 1 aromatic rings. The molecule has 0 aliphatic heterocycles. The molecule has 0 aliphatic rings. The van der Waals surface area contributed by atoms with Crippen molar-refractivity contribution in [3.8, 4) is 5.75 Å². The summed E-state index contributed by atoms with van der Waals surface area (Å²) in [6, 6.07) is 4.33. The lowest BCUT2D eigenvalue weighted by Crippen LogP contribution is -3.05. The average Bonchev–Trinajstić information content (AvgIpc) is 2.19. The molecule has 0 amide bonds. The number of nitrogens with one attached hydrogen (secondary N) is 1. The maximum Gasteiger partial charge on any atom is 0.122 e. The Kier molecular flexibility index (Phi) is 4.81. The summed E-state index contributed by atoms with van der Waals surface area (Å²) in [6.07, 6.45) is 1.11. The number of hydrogen-bond donors (Lipinski definition) is 1. The van der Waals surface area contributed by atoms with Gasteiger partial charge in [-0.05, 0) is 43.5 Å². The van der Waals surface area contributed by atoms with Crippen molar-refractivity contribution in [2.24, 2.45) is 0 Å². The Balaban J connectivity index is 2.53. The number of quaternary nitrogens is 1. The number of aryl methyl sites for hydroxylation is 2. The van der Waals surface area contributed by atoms with Gasteiger partial charge >= 0.3 is 0 Å². The third kappa shape index (κ3) is 3.86. The lowest BCUT2D eigenvalue weighted by atomic mass is 10.1. The van der Waals surface area contributed by atoms with Crippen LogP contribution in [0.1, 0.15) is 23.1 Å². The molecule has 16 heavy (non-hydrogen) atoms. The third-order valence-electron chi connectivity index (χ3n) is 2.84. The topological polar surface area (TPSA) is 13.7 Å². The molecule has 0 saturated heterocycles. The Labute approximate surface area is 99.2 Å². The SMILES string of the molecule is Cc1cc(C)c(C)c(OCCC[NH+](C)C)c1. The second-order valence-electron chi connectivity index (χ2n) is 4.86. The van der Waals surface area contributed by atoms with Crippen molar-refractivity contribution in [3.05, 3.63) is 28.8 Å². The molecule has 0 heterocycles. The Morgan fingerprint density at radius 1 is 1.12 bits per heavy atom. The van der Waals surface area contributed by atoms with Gasteiger partial charge in [-0.1, -0.05) is 6.07 Å². The zero-order valence-corrected chi connectivity index (χ0v) is 11.2. The number of benzene rings is 1. The summed E-state index contributed by atoms with van der Waals surface area (Å²) < 4.78 is 5.84. The molecule has 0 unspecified atom stereocenters.